The summed E-state index contributed by atoms with van der Waals surface area (Å²) in [4.78, 5) is 4.29. The first kappa shape index (κ1) is 11.9. The zero-order valence-corrected chi connectivity index (χ0v) is 11.2. The molecule has 18 heavy (non-hydrogen) atoms. The van der Waals surface area contributed by atoms with Crippen molar-refractivity contribution < 1.29 is 0 Å². The van der Waals surface area contributed by atoms with Gasteiger partial charge in [-0.25, -0.2) is 4.98 Å². The molecule has 0 radical (unpaired) electrons. The lowest BCUT2D eigenvalue weighted by Gasteiger charge is -2.26. The average Bonchev–Trinajstić information content (AvgIpc) is 2.85. The van der Waals surface area contributed by atoms with Gasteiger partial charge in [0.25, 0.3) is 0 Å². The van der Waals surface area contributed by atoms with Crippen molar-refractivity contribution in [3.63, 3.8) is 0 Å². The van der Waals surface area contributed by atoms with Gasteiger partial charge < -0.3 is 11.1 Å². The van der Waals surface area contributed by atoms with Crippen molar-refractivity contribution in [3.05, 3.63) is 23.7 Å². The van der Waals surface area contributed by atoms with Gasteiger partial charge in [-0.2, -0.15) is 0 Å². The second kappa shape index (κ2) is 5.24. The summed E-state index contributed by atoms with van der Waals surface area (Å²) in [5.74, 6) is 0.780. The number of anilines is 1. The summed E-state index contributed by atoms with van der Waals surface area (Å²) in [5.41, 5.74) is 10.1. The Bertz CT molecular complexity index is 514. The SMILES string of the molecule is N[C@H]1CC[C@H](CNc2ccc3ncsc3c2)CC1. The number of hydrogen-bond acceptors (Lipinski definition) is 4. The lowest BCUT2D eigenvalue weighted by Crippen LogP contribution is -2.29. The summed E-state index contributed by atoms with van der Waals surface area (Å²) >= 11 is 1.70. The van der Waals surface area contributed by atoms with E-state index in [0.29, 0.717) is 6.04 Å². The number of aromatic nitrogens is 1. The Kier molecular flexibility index (Phi) is 3.48. The molecule has 1 aromatic heterocycles. The van der Waals surface area contributed by atoms with Gasteiger partial charge in [-0.05, 0) is 49.8 Å². The first-order valence-corrected chi connectivity index (χ1v) is 7.52. The molecule has 0 spiro atoms. The highest BCUT2D eigenvalue weighted by atomic mass is 32.1. The Morgan fingerprint density at radius 1 is 1.28 bits per heavy atom. The van der Waals surface area contributed by atoms with E-state index in [1.54, 1.807) is 11.3 Å². The minimum atomic E-state index is 0.440. The summed E-state index contributed by atoms with van der Waals surface area (Å²) in [6.45, 7) is 1.07. The van der Waals surface area contributed by atoms with Crippen LogP contribution in [-0.2, 0) is 0 Å². The topological polar surface area (TPSA) is 50.9 Å². The summed E-state index contributed by atoms with van der Waals surface area (Å²) in [7, 11) is 0. The third-order valence-electron chi connectivity index (χ3n) is 3.82. The molecule has 2 aromatic rings. The standard InChI is InChI=1S/C14H19N3S/c15-11-3-1-10(2-4-11)8-16-12-5-6-13-14(7-12)18-9-17-13/h5-7,9-11,16H,1-4,8,15H2/t10-,11-. The Morgan fingerprint density at radius 3 is 2.94 bits per heavy atom. The molecule has 0 amide bonds. The molecule has 3 rings (SSSR count). The summed E-state index contributed by atoms with van der Waals surface area (Å²) in [6, 6.07) is 6.85. The molecule has 1 saturated carbocycles. The van der Waals surface area contributed by atoms with Crippen LogP contribution < -0.4 is 11.1 Å². The molecule has 3 N–H and O–H groups in total. The van der Waals surface area contributed by atoms with Crippen LogP contribution in [-0.4, -0.2) is 17.6 Å². The van der Waals surface area contributed by atoms with Gasteiger partial charge in [0.05, 0.1) is 15.7 Å². The molecule has 1 aromatic carbocycles. The van der Waals surface area contributed by atoms with Crippen LogP contribution in [0.25, 0.3) is 10.2 Å². The molecule has 1 aliphatic rings. The predicted molar refractivity (Wildman–Crippen MR) is 78.0 cm³/mol. The molecule has 0 atom stereocenters. The zero-order chi connectivity index (χ0) is 12.4. The largest absolute Gasteiger partial charge is 0.385 e. The Hall–Kier alpha value is -1.13. The Balaban J connectivity index is 1.59. The fourth-order valence-electron chi connectivity index (χ4n) is 2.62. The van der Waals surface area contributed by atoms with E-state index in [0.717, 1.165) is 18.0 Å². The van der Waals surface area contributed by atoms with Crippen LogP contribution in [0.3, 0.4) is 0 Å². The third-order valence-corrected chi connectivity index (χ3v) is 4.61. The van der Waals surface area contributed by atoms with Crippen LogP contribution in [0.4, 0.5) is 5.69 Å². The van der Waals surface area contributed by atoms with Gasteiger partial charge in [-0.1, -0.05) is 0 Å². The predicted octanol–water partition coefficient (Wildman–Crippen LogP) is 3.23. The second-order valence-corrected chi connectivity index (χ2v) is 6.08. The van der Waals surface area contributed by atoms with E-state index in [2.05, 4.69) is 28.5 Å². The van der Waals surface area contributed by atoms with Gasteiger partial charge in [-0.3, -0.25) is 0 Å². The van der Waals surface area contributed by atoms with Crippen LogP contribution in [0.2, 0.25) is 0 Å². The normalized spacial score (nSPS) is 24.3. The lowest BCUT2D eigenvalue weighted by molar-refractivity contribution is 0.339. The number of thiazole rings is 1. The Labute approximate surface area is 111 Å². The minimum absolute atomic E-state index is 0.440. The van der Waals surface area contributed by atoms with Gasteiger partial charge in [0.15, 0.2) is 0 Å². The van der Waals surface area contributed by atoms with E-state index < -0.39 is 0 Å². The van der Waals surface area contributed by atoms with Crippen molar-refractivity contribution >= 4 is 27.2 Å². The summed E-state index contributed by atoms with van der Waals surface area (Å²) in [5, 5.41) is 3.55. The summed E-state index contributed by atoms with van der Waals surface area (Å²) in [6.07, 6.45) is 4.88. The van der Waals surface area contributed by atoms with E-state index in [-0.39, 0.29) is 0 Å². The van der Waals surface area contributed by atoms with E-state index in [1.165, 1.54) is 36.1 Å². The minimum Gasteiger partial charge on any atom is -0.385 e. The molecule has 0 unspecified atom stereocenters. The molecular weight excluding hydrogens is 242 g/mol. The number of rotatable bonds is 3. The Morgan fingerprint density at radius 2 is 2.11 bits per heavy atom. The maximum Gasteiger partial charge on any atom is 0.0813 e. The molecule has 0 aliphatic heterocycles. The molecule has 1 fully saturated rings. The molecule has 0 bridgehead atoms. The maximum atomic E-state index is 5.93. The smallest absolute Gasteiger partial charge is 0.0813 e. The van der Waals surface area contributed by atoms with Crippen molar-refractivity contribution in [3.8, 4) is 0 Å². The van der Waals surface area contributed by atoms with Crippen LogP contribution in [0, 0.1) is 5.92 Å². The maximum absolute atomic E-state index is 5.93. The van der Waals surface area contributed by atoms with E-state index in [4.69, 9.17) is 5.73 Å². The lowest BCUT2D eigenvalue weighted by atomic mass is 9.86. The molecular formula is C14H19N3S. The van der Waals surface area contributed by atoms with Crippen LogP contribution in [0.15, 0.2) is 23.7 Å². The fourth-order valence-corrected chi connectivity index (χ4v) is 3.34. The van der Waals surface area contributed by atoms with Crippen LogP contribution in [0.5, 0.6) is 0 Å². The quantitative estimate of drug-likeness (QED) is 0.892. The van der Waals surface area contributed by atoms with Crippen LogP contribution in [0.1, 0.15) is 25.7 Å². The highest BCUT2D eigenvalue weighted by Crippen LogP contribution is 2.25. The second-order valence-electron chi connectivity index (χ2n) is 5.20. The van der Waals surface area contributed by atoms with Crippen LogP contribution >= 0.6 is 11.3 Å². The number of nitrogens with two attached hydrogens (primary N) is 1. The first-order chi connectivity index (χ1) is 8.81. The zero-order valence-electron chi connectivity index (χ0n) is 10.4. The molecule has 3 nitrogen and oxygen atoms in total. The summed E-state index contributed by atoms with van der Waals surface area (Å²) < 4.78 is 1.26. The van der Waals surface area contributed by atoms with E-state index in [1.807, 2.05) is 5.51 Å². The van der Waals surface area contributed by atoms with Crippen molar-refractivity contribution in [2.75, 3.05) is 11.9 Å². The number of hydrogen-bond donors (Lipinski definition) is 2. The average molecular weight is 261 g/mol. The fraction of sp³-hybridized carbons (Fsp3) is 0.500. The van der Waals surface area contributed by atoms with Gasteiger partial charge in [0.1, 0.15) is 0 Å². The van der Waals surface area contributed by atoms with Gasteiger partial charge in [0, 0.05) is 18.3 Å². The van der Waals surface area contributed by atoms with Crippen molar-refractivity contribution in [2.24, 2.45) is 11.7 Å². The highest BCUT2D eigenvalue weighted by Gasteiger charge is 2.18. The molecule has 4 heteroatoms. The molecule has 96 valence electrons. The number of fused-ring (bicyclic) bond motifs is 1. The van der Waals surface area contributed by atoms with Gasteiger partial charge in [-0.15, -0.1) is 11.3 Å². The number of nitrogens with zero attached hydrogens (tertiary/aromatic N) is 1. The van der Waals surface area contributed by atoms with Crippen molar-refractivity contribution in [1.29, 1.82) is 0 Å². The van der Waals surface area contributed by atoms with Gasteiger partial charge in [0.2, 0.25) is 0 Å². The first-order valence-electron chi connectivity index (χ1n) is 6.64. The van der Waals surface area contributed by atoms with Crippen molar-refractivity contribution in [1.82, 2.24) is 4.98 Å². The monoisotopic (exact) mass is 261 g/mol. The third kappa shape index (κ3) is 2.65. The molecule has 1 aliphatic carbocycles. The number of benzene rings is 1. The molecule has 1 heterocycles. The highest BCUT2D eigenvalue weighted by molar-refractivity contribution is 7.16. The van der Waals surface area contributed by atoms with Crippen molar-refractivity contribution in [2.45, 2.75) is 31.7 Å². The van der Waals surface area contributed by atoms with Gasteiger partial charge >= 0.3 is 0 Å². The van der Waals surface area contributed by atoms with E-state index in [9.17, 15) is 0 Å². The number of nitrogens with one attached hydrogen (secondary N) is 1. The molecule has 0 saturated heterocycles. The van der Waals surface area contributed by atoms with E-state index >= 15 is 0 Å².